The first-order valence-corrected chi connectivity index (χ1v) is 28.7. The summed E-state index contributed by atoms with van der Waals surface area (Å²) in [5, 5.41) is 0. The summed E-state index contributed by atoms with van der Waals surface area (Å²) < 4.78 is 6.71. The van der Waals surface area contributed by atoms with Crippen LogP contribution in [-0.4, -0.2) is 0 Å². The van der Waals surface area contributed by atoms with Crippen LogP contribution in [0.2, 0.25) is 9.36 Å². The molecule has 1 heteroatoms. The second kappa shape index (κ2) is 10.4. The molecular weight excluding hydrogens is 719 g/mol. The summed E-state index contributed by atoms with van der Waals surface area (Å²) in [7, 11) is 0. The van der Waals surface area contributed by atoms with Crippen molar-refractivity contribution in [1.82, 2.24) is 0 Å². The van der Waals surface area contributed by atoms with Crippen LogP contribution in [-0.2, 0) is 30.8 Å². The molecule has 7 rings (SSSR count). The Morgan fingerprint density at radius 2 is 0.935 bits per heavy atom. The van der Waals surface area contributed by atoms with Crippen molar-refractivity contribution in [3.63, 3.8) is 0 Å². The molecule has 0 bridgehead atoms. The molecule has 3 aliphatic rings. The van der Waals surface area contributed by atoms with Crippen molar-refractivity contribution >= 4 is 12.2 Å². The van der Waals surface area contributed by atoms with Gasteiger partial charge in [0.15, 0.2) is 0 Å². The van der Waals surface area contributed by atoms with E-state index in [0.717, 1.165) is 0 Å². The van der Waals surface area contributed by atoms with Crippen molar-refractivity contribution in [2.75, 3.05) is 0 Å². The van der Waals surface area contributed by atoms with Gasteiger partial charge in [-0.15, -0.1) is 0 Å². The summed E-state index contributed by atoms with van der Waals surface area (Å²) in [6.07, 6.45) is 5.29. The molecule has 0 amide bonds. The zero-order valence-electron chi connectivity index (χ0n) is 30.2. The number of rotatable bonds is 2. The van der Waals surface area contributed by atoms with Gasteiger partial charge in [0.1, 0.15) is 0 Å². The average molecular weight is 771 g/mol. The summed E-state index contributed by atoms with van der Waals surface area (Å²) in [6, 6.07) is 28.7. The van der Waals surface area contributed by atoms with E-state index < -0.39 is 20.0 Å². The Balaban J connectivity index is 1.37. The number of allylic oxidation sites excluding steroid dienone is 2. The Hall–Kier alpha value is -2.77. The van der Waals surface area contributed by atoms with Gasteiger partial charge in [0.05, 0.1) is 0 Å². The number of hydrogen-bond acceptors (Lipinski definition) is 0. The van der Waals surface area contributed by atoms with Gasteiger partial charge in [-0.25, -0.2) is 0 Å². The minimum absolute atomic E-state index is 0.00765. The summed E-state index contributed by atoms with van der Waals surface area (Å²) in [6.45, 7) is 23.5. The van der Waals surface area contributed by atoms with E-state index >= 15 is 0 Å². The van der Waals surface area contributed by atoms with E-state index in [0.29, 0.717) is 7.35 Å². The average Bonchev–Trinajstić information content (AvgIpc) is 3.57. The van der Waals surface area contributed by atoms with Crippen molar-refractivity contribution in [2.24, 2.45) is 5.41 Å². The molecule has 0 spiro atoms. The zero-order valence-corrected chi connectivity index (χ0v) is 33.8. The second-order valence-electron chi connectivity index (χ2n) is 17.7. The second-order valence-corrected chi connectivity index (χ2v) is 34.9. The molecule has 0 radical (unpaired) electrons. The Morgan fingerprint density at radius 3 is 1.28 bits per heavy atom. The molecular formula is C45H52Hf. The van der Waals surface area contributed by atoms with Gasteiger partial charge < -0.3 is 0 Å². The van der Waals surface area contributed by atoms with E-state index in [1.54, 1.807) is 22.3 Å². The van der Waals surface area contributed by atoms with Crippen molar-refractivity contribution < 1.29 is 20.0 Å². The van der Waals surface area contributed by atoms with Crippen molar-refractivity contribution in [2.45, 2.75) is 96.8 Å². The van der Waals surface area contributed by atoms with Crippen LogP contribution in [0.25, 0.3) is 34.4 Å². The monoisotopic (exact) mass is 772 g/mol. The maximum atomic E-state index is 2.76. The molecule has 0 aromatic heterocycles. The van der Waals surface area contributed by atoms with Gasteiger partial charge in [-0.3, -0.25) is 0 Å². The molecule has 1 saturated heterocycles. The standard InChI is InChI=1S/C43H46.2CH3.Hf/c1-27-21-31(41(3,4)5)17-19-35(27)37-15-11-13-29-23-33(25-39(29)37)43(9,10)34-24-30-14-12-16-38(40(30)26-34)36-20-18-32(22-28(36)2)42(6,7)8;;;/h11-26H,1-10H3;2*1H3;. The predicted octanol–water partition coefficient (Wildman–Crippen LogP) is 13.1. The van der Waals surface area contributed by atoms with Crippen LogP contribution in [0.1, 0.15) is 107 Å². The third kappa shape index (κ3) is 4.69. The van der Waals surface area contributed by atoms with Crippen LogP contribution in [0.3, 0.4) is 0 Å². The van der Waals surface area contributed by atoms with E-state index in [1.807, 2.05) is 0 Å². The van der Waals surface area contributed by atoms with Crippen LogP contribution in [0, 0.1) is 19.3 Å². The fraction of sp³-hybridized carbons (Fsp3) is 0.378. The minimum atomic E-state index is -3.09. The van der Waals surface area contributed by atoms with Crippen LogP contribution < -0.4 is 0 Å². The molecule has 2 aliphatic carbocycles. The fourth-order valence-electron chi connectivity index (χ4n) is 9.16. The van der Waals surface area contributed by atoms with E-state index in [1.165, 1.54) is 55.6 Å². The molecule has 0 saturated carbocycles. The maximum absolute atomic E-state index is 3.09. The van der Waals surface area contributed by atoms with Gasteiger partial charge in [-0.1, -0.05) is 0 Å². The summed E-state index contributed by atoms with van der Waals surface area (Å²) in [4.78, 5) is 0. The SMILES string of the molecule is Cc1cc(C(C)(C)C)ccc1-c1cccc2c1C=C1[CH]2[Hf]([CH3])([CH3])[CH]2C(=Cc3c(-c4ccc(C(C)(C)C)cc4C)cccc32)C1(C)C. The molecule has 2 atom stereocenters. The molecule has 1 fully saturated rings. The molecule has 236 valence electrons. The molecule has 1 heterocycles. The molecule has 1 aliphatic heterocycles. The number of benzene rings is 4. The van der Waals surface area contributed by atoms with Crippen LogP contribution >= 0.6 is 0 Å². The van der Waals surface area contributed by atoms with E-state index in [4.69, 9.17) is 0 Å². The predicted molar refractivity (Wildman–Crippen MR) is 198 cm³/mol. The summed E-state index contributed by atoms with van der Waals surface area (Å²) in [5.74, 6) is 0. The Labute approximate surface area is 283 Å². The number of fused-ring (bicyclic) bond motifs is 6. The first-order valence-electron chi connectivity index (χ1n) is 17.4. The van der Waals surface area contributed by atoms with Crippen molar-refractivity contribution in [3.8, 4) is 22.3 Å². The summed E-state index contributed by atoms with van der Waals surface area (Å²) >= 11 is -3.09. The van der Waals surface area contributed by atoms with E-state index in [9.17, 15) is 0 Å². The van der Waals surface area contributed by atoms with E-state index in [-0.39, 0.29) is 16.2 Å². The molecule has 46 heavy (non-hydrogen) atoms. The molecule has 4 aromatic carbocycles. The zero-order chi connectivity index (χ0) is 33.1. The topological polar surface area (TPSA) is 0 Å². The third-order valence-electron chi connectivity index (χ3n) is 11.8. The normalized spacial score (nSPS) is 20.8. The van der Waals surface area contributed by atoms with Crippen molar-refractivity contribution in [3.05, 3.63) is 128 Å². The van der Waals surface area contributed by atoms with Crippen LogP contribution in [0.5, 0.6) is 0 Å². The first-order chi connectivity index (χ1) is 21.4. The van der Waals surface area contributed by atoms with Gasteiger partial charge in [-0.2, -0.15) is 0 Å². The van der Waals surface area contributed by atoms with E-state index in [2.05, 4.69) is 164 Å². The first kappa shape index (κ1) is 31.8. The van der Waals surface area contributed by atoms with Gasteiger partial charge in [0, 0.05) is 0 Å². The number of aryl methyl sites for hydroxylation is 2. The third-order valence-corrected chi connectivity index (χ3v) is 27.0. The van der Waals surface area contributed by atoms with Crippen molar-refractivity contribution in [1.29, 1.82) is 0 Å². The van der Waals surface area contributed by atoms with Crippen LogP contribution in [0.4, 0.5) is 0 Å². The molecule has 4 aromatic rings. The van der Waals surface area contributed by atoms with Gasteiger partial charge in [0.2, 0.25) is 0 Å². The Kier molecular flexibility index (Phi) is 7.17. The van der Waals surface area contributed by atoms with Gasteiger partial charge in [0.25, 0.3) is 0 Å². The molecule has 2 unspecified atom stereocenters. The quantitative estimate of drug-likeness (QED) is 0.178. The summed E-state index contributed by atoms with van der Waals surface area (Å²) in [5.41, 5.74) is 21.0. The Bertz CT molecular complexity index is 1840. The number of hydrogen-bond donors (Lipinski definition) is 0. The van der Waals surface area contributed by atoms with Gasteiger partial charge >= 0.3 is 285 Å². The fourth-order valence-corrected chi connectivity index (χ4v) is 26.9. The van der Waals surface area contributed by atoms with Crippen LogP contribution in [0.15, 0.2) is 83.9 Å². The molecule has 0 N–H and O–H groups in total. The molecule has 0 nitrogen and oxygen atoms in total. The van der Waals surface area contributed by atoms with Gasteiger partial charge in [-0.05, 0) is 0 Å². The Morgan fingerprint density at radius 1 is 0.543 bits per heavy atom.